The maximum Gasteiger partial charge on any atom is 0.255 e. The molecule has 5 nitrogen and oxygen atoms in total. The van der Waals surface area contributed by atoms with Crippen LogP contribution >= 0.6 is 23.2 Å². The van der Waals surface area contributed by atoms with Crippen LogP contribution in [0.4, 0.5) is 0 Å². The highest BCUT2D eigenvalue weighted by molar-refractivity contribution is 6.36. The summed E-state index contributed by atoms with van der Waals surface area (Å²) in [7, 11) is 0. The average Bonchev–Trinajstić information content (AvgIpc) is 3.02. The van der Waals surface area contributed by atoms with Crippen LogP contribution in [0.1, 0.15) is 57.5 Å². The van der Waals surface area contributed by atoms with Crippen molar-refractivity contribution in [3.05, 3.63) is 68.7 Å². The van der Waals surface area contributed by atoms with Gasteiger partial charge in [0.1, 0.15) is 0 Å². The first-order valence-corrected chi connectivity index (χ1v) is 12.6. The quantitative estimate of drug-likeness (QED) is 0.621. The number of carbonyl (C=O) groups is 2. The minimum absolute atomic E-state index is 0.0944. The molecule has 2 heterocycles. The van der Waals surface area contributed by atoms with Gasteiger partial charge in [0.2, 0.25) is 0 Å². The Labute approximate surface area is 205 Å². The van der Waals surface area contributed by atoms with Crippen LogP contribution in [0.5, 0.6) is 0 Å². The van der Waals surface area contributed by atoms with Gasteiger partial charge >= 0.3 is 0 Å². The average molecular weight is 486 g/mol. The van der Waals surface area contributed by atoms with E-state index in [4.69, 9.17) is 23.2 Å². The first kappa shape index (κ1) is 22.7. The molecule has 2 aliphatic heterocycles. The van der Waals surface area contributed by atoms with E-state index in [-0.39, 0.29) is 11.8 Å². The van der Waals surface area contributed by atoms with Gasteiger partial charge in [-0.15, -0.1) is 0 Å². The Kier molecular flexibility index (Phi) is 6.64. The highest BCUT2D eigenvalue weighted by atomic mass is 35.5. The minimum atomic E-state index is -0.0944. The number of hydrogen-bond acceptors (Lipinski definition) is 3. The molecule has 2 aromatic carbocycles. The fourth-order valence-electron chi connectivity index (χ4n) is 5.13. The summed E-state index contributed by atoms with van der Waals surface area (Å²) in [5.74, 6) is 0.0303. The van der Waals surface area contributed by atoms with E-state index in [1.807, 2.05) is 28.0 Å². The smallest absolute Gasteiger partial charge is 0.255 e. The summed E-state index contributed by atoms with van der Waals surface area (Å²) in [5, 5.41) is 0.880. The van der Waals surface area contributed by atoms with Crippen molar-refractivity contribution in [2.75, 3.05) is 32.7 Å². The molecule has 0 bridgehead atoms. The number of fused-ring (bicyclic) bond motifs is 1. The zero-order valence-corrected chi connectivity index (χ0v) is 20.2. The van der Waals surface area contributed by atoms with E-state index in [9.17, 15) is 9.59 Å². The van der Waals surface area contributed by atoms with E-state index < -0.39 is 0 Å². The van der Waals surface area contributed by atoms with Gasteiger partial charge in [0, 0.05) is 55.9 Å². The lowest BCUT2D eigenvalue weighted by molar-refractivity contribution is 0.0728. The molecule has 0 spiro atoms. The molecule has 1 saturated heterocycles. The molecule has 5 rings (SSSR count). The lowest BCUT2D eigenvalue weighted by Gasteiger charge is -2.36. The normalized spacial score (nSPS) is 19.6. The molecule has 2 amide bonds. The summed E-state index contributed by atoms with van der Waals surface area (Å²) in [6.45, 7) is 4.82. The van der Waals surface area contributed by atoms with E-state index in [2.05, 4.69) is 4.90 Å². The molecule has 2 fully saturated rings. The van der Waals surface area contributed by atoms with Gasteiger partial charge in [0.25, 0.3) is 11.8 Å². The third-order valence-electron chi connectivity index (χ3n) is 7.32. The molecule has 33 heavy (non-hydrogen) atoms. The van der Waals surface area contributed by atoms with Crippen LogP contribution in [-0.2, 0) is 13.0 Å². The van der Waals surface area contributed by atoms with Crippen LogP contribution in [0.15, 0.2) is 36.4 Å². The molecule has 3 aliphatic rings. The van der Waals surface area contributed by atoms with Gasteiger partial charge in [-0.05, 0) is 67.1 Å². The van der Waals surface area contributed by atoms with Gasteiger partial charge in [0.05, 0.1) is 10.6 Å². The van der Waals surface area contributed by atoms with Crippen molar-refractivity contribution in [3.63, 3.8) is 0 Å². The second kappa shape index (κ2) is 9.65. The van der Waals surface area contributed by atoms with E-state index in [0.29, 0.717) is 28.7 Å². The molecular formula is C26H29Cl2N3O2. The van der Waals surface area contributed by atoms with Crippen molar-refractivity contribution in [2.45, 2.75) is 44.7 Å². The largest absolute Gasteiger partial charge is 0.337 e. The standard InChI is InChI=1S/C26H29Cl2N3O2/c27-21-7-8-23(24(28)16-21)26(33)31-12-9-18-15-19(5-6-20(18)17-31)25(32)30-11-2-10-29(13-14-30)22-3-1-4-22/h5-8,15-16,22H,1-4,9-14,17H2. The molecule has 2 aromatic rings. The number of benzene rings is 2. The van der Waals surface area contributed by atoms with Crippen LogP contribution < -0.4 is 0 Å². The van der Waals surface area contributed by atoms with Crippen molar-refractivity contribution in [3.8, 4) is 0 Å². The molecule has 0 atom stereocenters. The number of amides is 2. The molecule has 174 valence electrons. The lowest BCUT2D eigenvalue weighted by atomic mass is 9.91. The zero-order chi connectivity index (χ0) is 22.9. The summed E-state index contributed by atoms with van der Waals surface area (Å²) < 4.78 is 0. The topological polar surface area (TPSA) is 43.9 Å². The van der Waals surface area contributed by atoms with Crippen molar-refractivity contribution < 1.29 is 9.59 Å². The molecular weight excluding hydrogens is 457 g/mol. The molecule has 0 unspecified atom stereocenters. The SMILES string of the molecule is O=C(c1ccc2c(c1)CCN(C(=O)c1ccc(Cl)cc1Cl)C2)N1CCCN(C2CCC2)CC1. The molecule has 0 N–H and O–H groups in total. The molecule has 1 aliphatic carbocycles. The predicted octanol–water partition coefficient (Wildman–Crippen LogP) is 4.89. The fraction of sp³-hybridized carbons (Fsp3) is 0.462. The Balaban J connectivity index is 1.25. The van der Waals surface area contributed by atoms with Crippen LogP contribution in [0.3, 0.4) is 0 Å². The number of hydrogen-bond donors (Lipinski definition) is 0. The molecule has 0 aromatic heterocycles. The van der Waals surface area contributed by atoms with Gasteiger partial charge in [-0.3, -0.25) is 14.5 Å². The summed E-state index contributed by atoms with van der Waals surface area (Å²) in [4.78, 5) is 32.6. The number of halogens is 2. The highest BCUT2D eigenvalue weighted by Gasteiger charge is 2.29. The Morgan fingerprint density at radius 2 is 1.64 bits per heavy atom. The summed E-state index contributed by atoms with van der Waals surface area (Å²) in [6, 6.07) is 11.6. The van der Waals surface area contributed by atoms with Crippen LogP contribution in [-0.4, -0.2) is 65.3 Å². The Morgan fingerprint density at radius 1 is 0.788 bits per heavy atom. The predicted molar refractivity (Wildman–Crippen MR) is 131 cm³/mol. The van der Waals surface area contributed by atoms with E-state index in [1.165, 1.54) is 19.3 Å². The number of rotatable bonds is 3. The molecule has 7 heteroatoms. The zero-order valence-electron chi connectivity index (χ0n) is 18.7. The first-order chi connectivity index (χ1) is 16.0. The van der Waals surface area contributed by atoms with Gasteiger partial charge in [-0.2, -0.15) is 0 Å². The third-order valence-corrected chi connectivity index (χ3v) is 7.87. The lowest BCUT2D eigenvalue weighted by Crippen LogP contribution is -2.42. The number of carbonyl (C=O) groups excluding carboxylic acids is 2. The van der Waals surface area contributed by atoms with E-state index in [0.717, 1.165) is 61.8 Å². The minimum Gasteiger partial charge on any atom is -0.337 e. The summed E-state index contributed by atoms with van der Waals surface area (Å²) >= 11 is 12.2. The summed E-state index contributed by atoms with van der Waals surface area (Å²) in [6.07, 6.45) is 5.72. The monoisotopic (exact) mass is 485 g/mol. The maximum atomic E-state index is 13.2. The molecule has 0 radical (unpaired) electrons. The number of nitrogens with zero attached hydrogens (tertiary/aromatic N) is 3. The van der Waals surface area contributed by atoms with Gasteiger partial charge in [-0.25, -0.2) is 0 Å². The second-order valence-corrected chi connectivity index (χ2v) is 10.2. The fourth-order valence-corrected chi connectivity index (χ4v) is 5.62. The maximum absolute atomic E-state index is 13.2. The van der Waals surface area contributed by atoms with Crippen molar-refractivity contribution >= 4 is 35.0 Å². The Hall–Kier alpha value is -2.08. The Morgan fingerprint density at radius 3 is 2.39 bits per heavy atom. The van der Waals surface area contributed by atoms with Crippen LogP contribution in [0.2, 0.25) is 10.0 Å². The van der Waals surface area contributed by atoms with Gasteiger partial charge < -0.3 is 9.80 Å². The Bertz CT molecular complexity index is 1070. The van der Waals surface area contributed by atoms with Crippen molar-refractivity contribution in [1.82, 2.24) is 14.7 Å². The molecule has 1 saturated carbocycles. The summed E-state index contributed by atoms with van der Waals surface area (Å²) in [5.41, 5.74) is 3.46. The van der Waals surface area contributed by atoms with Gasteiger partial charge in [-0.1, -0.05) is 35.7 Å². The first-order valence-electron chi connectivity index (χ1n) is 11.9. The highest BCUT2D eigenvalue weighted by Crippen LogP contribution is 2.28. The van der Waals surface area contributed by atoms with Crippen molar-refractivity contribution in [1.29, 1.82) is 0 Å². The third kappa shape index (κ3) is 4.77. The van der Waals surface area contributed by atoms with Crippen LogP contribution in [0, 0.1) is 0 Å². The van der Waals surface area contributed by atoms with E-state index >= 15 is 0 Å². The van der Waals surface area contributed by atoms with E-state index in [1.54, 1.807) is 18.2 Å². The van der Waals surface area contributed by atoms with Crippen molar-refractivity contribution in [2.24, 2.45) is 0 Å². The van der Waals surface area contributed by atoms with Gasteiger partial charge in [0.15, 0.2) is 0 Å². The second-order valence-electron chi connectivity index (χ2n) is 9.35. The van der Waals surface area contributed by atoms with Crippen LogP contribution in [0.25, 0.3) is 0 Å².